The molecule has 0 spiro atoms. The van der Waals surface area contributed by atoms with E-state index in [1.807, 2.05) is 14.1 Å². The summed E-state index contributed by atoms with van der Waals surface area (Å²) in [6.45, 7) is 4.96. The summed E-state index contributed by atoms with van der Waals surface area (Å²) in [5.74, 6) is 7.08. The second-order valence-electron chi connectivity index (χ2n) is 5.43. The van der Waals surface area contributed by atoms with Gasteiger partial charge in [-0.2, -0.15) is 15.0 Å². The van der Waals surface area contributed by atoms with Crippen molar-refractivity contribution in [2.24, 2.45) is 5.84 Å². The van der Waals surface area contributed by atoms with Gasteiger partial charge in [-0.25, -0.2) is 5.84 Å². The molecule has 20 heavy (non-hydrogen) atoms. The number of nitrogens with two attached hydrogens (primary N) is 1. The van der Waals surface area contributed by atoms with Gasteiger partial charge in [-0.1, -0.05) is 0 Å². The van der Waals surface area contributed by atoms with Crippen LogP contribution in [0.4, 0.5) is 17.8 Å². The maximum absolute atomic E-state index is 5.44. The predicted octanol–water partition coefficient (Wildman–Crippen LogP) is 0.119. The first-order chi connectivity index (χ1) is 9.58. The number of aromatic nitrogens is 3. The number of nitrogens with one attached hydrogen (secondary N) is 2. The van der Waals surface area contributed by atoms with Crippen LogP contribution in [-0.4, -0.2) is 59.6 Å². The van der Waals surface area contributed by atoms with Crippen LogP contribution in [0, 0.1) is 0 Å². The number of hydrogen-bond acceptors (Lipinski definition) is 8. The second kappa shape index (κ2) is 6.67. The third kappa shape index (κ3) is 3.91. The summed E-state index contributed by atoms with van der Waals surface area (Å²) in [7, 11) is 4.07. The van der Waals surface area contributed by atoms with Crippen LogP contribution in [0.5, 0.6) is 0 Å². The van der Waals surface area contributed by atoms with Crippen molar-refractivity contribution in [3.63, 3.8) is 0 Å². The molecule has 0 bridgehead atoms. The molecule has 2 heterocycles. The molecule has 1 aliphatic heterocycles. The first kappa shape index (κ1) is 14.7. The molecule has 8 heteroatoms. The molecule has 0 radical (unpaired) electrons. The summed E-state index contributed by atoms with van der Waals surface area (Å²) in [6.07, 6.45) is 2.35. The molecule has 1 fully saturated rings. The molecule has 8 nitrogen and oxygen atoms in total. The highest BCUT2D eigenvalue weighted by Gasteiger charge is 2.17. The van der Waals surface area contributed by atoms with Gasteiger partial charge in [0.05, 0.1) is 0 Å². The molecular weight excluding hydrogens is 256 g/mol. The van der Waals surface area contributed by atoms with Gasteiger partial charge in [-0.15, -0.1) is 0 Å². The standard InChI is InChI=1S/C12H24N8/c1-9(8-19(2)3)14-10-15-11(18-13)17-12(16-10)20-6-4-5-7-20/h9H,4-8,13H2,1-3H3,(H2,14,15,16,17,18). The molecule has 1 unspecified atom stereocenters. The molecule has 1 aliphatic rings. The zero-order valence-electron chi connectivity index (χ0n) is 12.4. The van der Waals surface area contributed by atoms with E-state index in [0.29, 0.717) is 17.8 Å². The molecule has 1 aromatic heterocycles. The summed E-state index contributed by atoms with van der Waals surface area (Å²) in [6, 6.07) is 0.240. The molecule has 112 valence electrons. The van der Waals surface area contributed by atoms with Crippen LogP contribution >= 0.6 is 0 Å². The van der Waals surface area contributed by atoms with E-state index in [0.717, 1.165) is 19.6 Å². The second-order valence-corrected chi connectivity index (χ2v) is 5.43. The Kier molecular flexibility index (Phi) is 4.91. The zero-order valence-corrected chi connectivity index (χ0v) is 12.4. The zero-order chi connectivity index (χ0) is 14.5. The van der Waals surface area contributed by atoms with Crippen LogP contribution in [0.2, 0.25) is 0 Å². The Morgan fingerprint density at radius 1 is 1.20 bits per heavy atom. The minimum absolute atomic E-state index is 0.240. The van der Waals surface area contributed by atoms with E-state index in [2.05, 4.69) is 42.4 Å². The van der Waals surface area contributed by atoms with Crippen molar-refractivity contribution in [2.75, 3.05) is 49.4 Å². The highest BCUT2D eigenvalue weighted by molar-refractivity contribution is 5.44. The van der Waals surface area contributed by atoms with Crippen molar-refractivity contribution < 1.29 is 0 Å². The Labute approximate surface area is 119 Å². The minimum Gasteiger partial charge on any atom is -0.350 e. The monoisotopic (exact) mass is 280 g/mol. The number of nitrogen functional groups attached to an aromatic ring is 1. The maximum Gasteiger partial charge on any atom is 0.243 e. The molecule has 1 atom stereocenters. The first-order valence-corrected chi connectivity index (χ1v) is 6.97. The number of hydrazine groups is 1. The molecule has 4 N–H and O–H groups in total. The average molecular weight is 280 g/mol. The van der Waals surface area contributed by atoms with E-state index in [9.17, 15) is 0 Å². The number of hydrogen-bond donors (Lipinski definition) is 3. The van der Waals surface area contributed by atoms with E-state index in [-0.39, 0.29) is 6.04 Å². The van der Waals surface area contributed by atoms with E-state index in [4.69, 9.17) is 5.84 Å². The summed E-state index contributed by atoms with van der Waals surface area (Å²) in [4.78, 5) is 17.3. The molecule has 1 aromatic rings. The first-order valence-electron chi connectivity index (χ1n) is 6.97. The quantitative estimate of drug-likeness (QED) is 0.499. The Bertz CT molecular complexity index is 429. The predicted molar refractivity (Wildman–Crippen MR) is 80.7 cm³/mol. The number of rotatable bonds is 6. The number of nitrogens with zero attached hydrogens (tertiary/aromatic N) is 5. The summed E-state index contributed by atoms with van der Waals surface area (Å²) >= 11 is 0. The van der Waals surface area contributed by atoms with Crippen LogP contribution in [0.25, 0.3) is 0 Å². The average Bonchev–Trinajstić information content (AvgIpc) is 2.91. The lowest BCUT2D eigenvalue weighted by atomic mass is 10.3. The number of anilines is 3. The van der Waals surface area contributed by atoms with Gasteiger partial charge < -0.3 is 15.1 Å². The molecule has 0 saturated carbocycles. The normalized spacial score (nSPS) is 16.6. The Morgan fingerprint density at radius 2 is 1.85 bits per heavy atom. The largest absolute Gasteiger partial charge is 0.350 e. The maximum atomic E-state index is 5.44. The van der Waals surface area contributed by atoms with Crippen LogP contribution in [0.1, 0.15) is 19.8 Å². The lowest BCUT2D eigenvalue weighted by Crippen LogP contribution is -2.31. The fraction of sp³-hybridized carbons (Fsp3) is 0.750. The van der Waals surface area contributed by atoms with E-state index in [1.54, 1.807) is 0 Å². The van der Waals surface area contributed by atoms with Crippen molar-refractivity contribution in [1.29, 1.82) is 0 Å². The van der Waals surface area contributed by atoms with Gasteiger partial charge in [-0.3, -0.25) is 5.43 Å². The molecule has 0 aromatic carbocycles. The Hall–Kier alpha value is -1.67. The van der Waals surface area contributed by atoms with E-state index >= 15 is 0 Å². The van der Waals surface area contributed by atoms with Crippen LogP contribution in [0.15, 0.2) is 0 Å². The summed E-state index contributed by atoms with van der Waals surface area (Å²) in [5.41, 5.74) is 2.51. The van der Waals surface area contributed by atoms with Crippen LogP contribution < -0.4 is 21.5 Å². The summed E-state index contributed by atoms with van der Waals surface area (Å²) < 4.78 is 0. The Balaban J connectivity index is 2.12. The van der Waals surface area contributed by atoms with Crippen molar-refractivity contribution in [1.82, 2.24) is 19.9 Å². The lowest BCUT2D eigenvalue weighted by molar-refractivity contribution is 0.391. The number of likely N-dealkylation sites (N-methyl/N-ethyl adjacent to an activating group) is 1. The third-order valence-corrected chi connectivity index (χ3v) is 3.16. The van der Waals surface area contributed by atoms with Crippen LogP contribution in [-0.2, 0) is 0 Å². The fourth-order valence-electron chi connectivity index (χ4n) is 2.37. The van der Waals surface area contributed by atoms with Gasteiger partial charge in [-0.05, 0) is 33.9 Å². The van der Waals surface area contributed by atoms with Gasteiger partial charge >= 0.3 is 0 Å². The molecule has 0 aliphatic carbocycles. The van der Waals surface area contributed by atoms with Gasteiger partial charge in [0.15, 0.2) is 0 Å². The smallest absolute Gasteiger partial charge is 0.243 e. The summed E-state index contributed by atoms with van der Waals surface area (Å²) in [5, 5.41) is 3.29. The van der Waals surface area contributed by atoms with Crippen LogP contribution in [0.3, 0.4) is 0 Å². The van der Waals surface area contributed by atoms with Gasteiger partial charge in [0.1, 0.15) is 0 Å². The van der Waals surface area contributed by atoms with Crippen molar-refractivity contribution in [2.45, 2.75) is 25.8 Å². The lowest BCUT2D eigenvalue weighted by Gasteiger charge is -2.20. The van der Waals surface area contributed by atoms with Crippen molar-refractivity contribution >= 4 is 17.8 Å². The topological polar surface area (TPSA) is 95.2 Å². The molecule has 1 saturated heterocycles. The van der Waals surface area contributed by atoms with E-state index < -0.39 is 0 Å². The fourth-order valence-corrected chi connectivity index (χ4v) is 2.37. The SMILES string of the molecule is CC(CN(C)C)Nc1nc(NN)nc(N2CCCC2)n1. The third-order valence-electron chi connectivity index (χ3n) is 3.16. The van der Waals surface area contributed by atoms with E-state index in [1.165, 1.54) is 12.8 Å². The highest BCUT2D eigenvalue weighted by atomic mass is 15.4. The molecule has 0 amide bonds. The molecule has 2 rings (SSSR count). The van der Waals surface area contributed by atoms with Crippen molar-refractivity contribution in [3.05, 3.63) is 0 Å². The van der Waals surface area contributed by atoms with Gasteiger partial charge in [0.25, 0.3) is 0 Å². The minimum atomic E-state index is 0.240. The van der Waals surface area contributed by atoms with Crippen molar-refractivity contribution in [3.8, 4) is 0 Å². The highest BCUT2D eigenvalue weighted by Crippen LogP contribution is 2.18. The van der Waals surface area contributed by atoms with Gasteiger partial charge in [0, 0.05) is 25.7 Å². The molecular formula is C12H24N8. The Morgan fingerprint density at radius 3 is 2.45 bits per heavy atom. The van der Waals surface area contributed by atoms with Gasteiger partial charge in [0.2, 0.25) is 17.8 Å².